The predicted octanol–water partition coefficient (Wildman–Crippen LogP) is 16.7. The fraction of sp³-hybridized carbons (Fsp3) is 0.0328. The van der Waals surface area contributed by atoms with E-state index in [1.54, 1.807) is 0 Å². The van der Waals surface area contributed by atoms with Crippen LogP contribution in [0.4, 0.5) is 51.2 Å². The molecule has 0 saturated heterocycles. The lowest BCUT2D eigenvalue weighted by Crippen LogP contribution is -2.15. The average Bonchev–Trinajstić information content (AvgIpc) is 3.80. The third-order valence-electron chi connectivity index (χ3n) is 12.1. The van der Waals surface area contributed by atoms with Crippen LogP contribution in [0.1, 0.15) is 9.67 Å². The second kappa shape index (κ2) is 19.1. The highest BCUT2D eigenvalue weighted by molar-refractivity contribution is 7.18. The Morgan fingerprint density at radius 2 is 0.559 bits per heavy atom. The zero-order chi connectivity index (χ0) is 45.7. The van der Waals surface area contributed by atoms with Crippen LogP contribution < -0.4 is 24.2 Å². The zero-order valence-electron chi connectivity index (χ0n) is 37.1. The van der Waals surface area contributed by atoms with Crippen molar-refractivity contribution in [1.29, 1.82) is 0 Å². The van der Waals surface area contributed by atoms with E-state index in [0.29, 0.717) is 29.6 Å². The Morgan fingerprint density at radius 3 is 0.838 bits per heavy atom. The molecular formula is C61H45N3O3S. The molecule has 1 aromatic heterocycles. The lowest BCUT2D eigenvalue weighted by molar-refractivity contribution is 0.111. The number of hydrogen-bond donors (Lipinski definition) is 0. The molecule has 0 aliphatic carbocycles. The summed E-state index contributed by atoms with van der Waals surface area (Å²) < 4.78 is 11.9. The van der Waals surface area contributed by atoms with E-state index >= 15 is 0 Å². The third-order valence-corrected chi connectivity index (χ3v) is 13.3. The lowest BCUT2D eigenvalue weighted by Gasteiger charge is -2.27. The maximum atomic E-state index is 12.0. The van der Waals surface area contributed by atoms with Gasteiger partial charge in [0.2, 0.25) is 0 Å². The summed E-state index contributed by atoms with van der Waals surface area (Å²) >= 11 is 1.40. The molecule has 0 saturated carbocycles. The molecule has 10 aromatic rings. The van der Waals surface area contributed by atoms with E-state index in [0.717, 1.165) is 90.2 Å². The highest BCUT2D eigenvalue weighted by Crippen LogP contribution is 2.49. The summed E-state index contributed by atoms with van der Waals surface area (Å²) in [4.78, 5) is 20.2. The lowest BCUT2D eigenvalue weighted by atomic mass is 10.0. The van der Waals surface area contributed by atoms with Gasteiger partial charge in [-0.05, 0) is 137 Å². The number of thiophene rings is 1. The first kappa shape index (κ1) is 42.0. The summed E-state index contributed by atoms with van der Waals surface area (Å²) in [5, 5.41) is 0. The molecule has 11 rings (SSSR count). The topological polar surface area (TPSA) is 45.3 Å². The van der Waals surface area contributed by atoms with Gasteiger partial charge in [0.25, 0.3) is 0 Å². The van der Waals surface area contributed by atoms with Gasteiger partial charge < -0.3 is 24.2 Å². The van der Waals surface area contributed by atoms with Gasteiger partial charge in [0.15, 0.2) is 17.8 Å². The number of anilines is 9. The number of carbonyl (C=O) groups is 1. The van der Waals surface area contributed by atoms with Crippen molar-refractivity contribution in [2.24, 2.45) is 0 Å². The van der Waals surface area contributed by atoms with Crippen LogP contribution in [0, 0.1) is 0 Å². The van der Waals surface area contributed by atoms with Gasteiger partial charge in [-0.15, -0.1) is 11.3 Å². The van der Waals surface area contributed by atoms with E-state index < -0.39 is 0 Å². The van der Waals surface area contributed by atoms with Crippen LogP contribution in [0.2, 0.25) is 0 Å². The molecule has 1 aliphatic heterocycles. The SMILES string of the molecule is O=Cc1sc(-c2ccc(N(c3ccc(-c4ccc(N(c5ccccc5)c5ccccc5)cc4)cc3)c3ccc(-c4ccc(N(c5ccccc5)c5ccccc5)cc4)cc3)cc2)c2c1OCCO2. The van der Waals surface area contributed by atoms with Crippen LogP contribution in [0.25, 0.3) is 32.7 Å². The number of rotatable bonds is 13. The Morgan fingerprint density at radius 1 is 0.309 bits per heavy atom. The normalized spacial score (nSPS) is 11.7. The van der Waals surface area contributed by atoms with Crippen molar-refractivity contribution < 1.29 is 14.3 Å². The van der Waals surface area contributed by atoms with Crippen molar-refractivity contribution in [3.8, 4) is 44.2 Å². The minimum Gasteiger partial charge on any atom is -0.485 e. The summed E-state index contributed by atoms with van der Waals surface area (Å²) in [5.74, 6) is 1.18. The first-order chi connectivity index (χ1) is 33.7. The highest BCUT2D eigenvalue weighted by atomic mass is 32.1. The molecule has 0 amide bonds. The average molecular weight is 900 g/mol. The minimum absolute atomic E-state index is 0.425. The van der Waals surface area contributed by atoms with Gasteiger partial charge in [0, 0.05) is 51.2 Å². The van der Waals surface area contributed by atoms with Crippen molar-refractivity contribution >= 4 is 68.8 Å². The number of aldehydes is 1. The standard InChI is InChI=1S/C61H45N3O3S/c65-43-58-59-60(67-42-41-66-59)61(68-58)48-29-39-57(40-30-48)64(55-35-25-46(26-36-55)44-21-31-53(32-22-44)62(49-13-5-1-6-14-49)50-15-7-2-8-16-50)56-37-27-47(28-38-56)45-23-33-54(34-24-45)63(51-17-9-3-10-18-51)52-19-11-4-12-20-52/h1-40,43H,41-42H2. The van der Waals surface area contributed by atoms with Gasteiger partial charge >= 0.3 is 0 Å². The van der Waals surface area contributed by atoms with Gasteiger partial charge in [0.1, 0.15) is 18.1 Å². The zero-order valence-corrected chi connectivity index (χ0v) is 37.9. The van der Waals surface area contributed by atoms with Crippen LogP contribution in [0.3, 0.4) is 0 Å². The smallest absolute Gasteiger partial charge is 0.183 e. The van der Waals surface area contributed by atoms with E-state index in [9.17, 15) is 4.79 Å². The monoisotopic (exact) mass is 899 g/mol. The molecule has 0 radical (unpaired) electrons. The minimum atomic E-state index is 0.425. The fourth-order valence-corrected chi connectivity index (χ4v) is 9.87. The second-order valence-corrected chi connectivity index (χ2v) is 17.4. The molecule has 2 heterocycles. The predicted molar refractivity (Wildman–Crippen MR) is 281 cm³/mol. The van der Waals surface area contributed by atoms with Gasteiger partial charge in [-0.25, -0.2) is 0 Å². The maximum Gasteiger partial charge on any atom is 0.183 e. The van der Waals surface area contributed by atoms with E-state index in [2.05, 4.69) is 233 Å². The summed E-state index contributed by atoms with van der Waals surface area (Å²) in [6.07, 6.45) is 0.849. The number of para-hydroxylation sites is 4. The highest BCUT2D eigenvalue weighted by Gasteiger charge is 2.25. The van der Waals surface area contributed by atoms with Crippen LogP contribution in [0.5, 0.6) is 11.5 Å². The Hall–Kier alpha value is -8.65. The molecular weight excluding hydrogens is 855 g/mol. The van der Waals surface area contributed by atoms with Gasteiger partial charge in [-0.3, -0.25) is 4.79 Å². The number of carbonyl (C=O) groups excluding carboxylic acids is 1. The summed E-state index contributed by atoms with van der Waals surface area (Å²) in [7, 11) is 0. The van der Waals surface area contributed by atoms with Crippen molar-refractivity contribution in [2.45, 2.75) is 0 Å². The number of hydrogen-bond acceptors (Lipinski definition) is 7. The molecule has 9 aromatic carbocycles. The molecule has 328 valence electrons. The molecule has 0 bridgehead atoms. The molecule has 0 fully saturated rings. The first-order valence-electron chi connectivity index (χ1n) is 22.7. The van der Waals surface area contributed by atoms with E-state index in [-0.39, 0.29) is 0 Å². The number of fused-ring (bicyclic) bond motifs is 1. The third kappa shape index (κ3) is 8.50. The molecule has 6 nitrogen and oxygen atoms in total. The van der Waals surface area contributed by atoms with Crippen LogP contribution in [-0.2, 0) is 0 Å². The second-order valence-electron chi connectivity index (χ2n) is 16.4. The number of benzene rings is 9. The summed E-state index contributed by atoms with van der Waals surface area (Å²) in [6, 6.07) is 85.4. The molecule has 68 heavy (non-hydrogen) atoms. The summed E-state index contributed by atoms with van der Waals surface area (Å²) in [6.45, 7) is 0.870. The molecule has 7 heteroatoms. The van der Waals surface area contributed by atoms with Crippen LogP contribution in [-0.4, -0.2) is 19.5 Å². The first-order valence-corrected chi connectivity index (χ1v) is 23.5. The van der Waals surface area contributed by atoms with E-state index in [1.165, 1.54) is 11.3 Å². The van der Waals surface area contributed by atoms with Gasteiger partial charge in [-0.1, -0.05) is 133 Å². The van der Waals surface area contributed by atoms with E-state index in [4.69, 9.17) is 9.47 Å². The number of ether oxygens (including phenoxy) is 2. The fourth-order valence-electron chi connectivity index (χ4n) is 8.86. The van der Waals surface area contributed by atoms with Gasteiger partial charge in [0.05, 0.1) is 4.88 Å². The molecule has 0 N–H and O–H groups in total. The Balaban J connectivity index is 0.909. The Labute approximate surface area is 400 Å². The van der Waals surface area contributed by atoms with Crippen molar-refractivity contribution in [1.82, 2.24) is 0 Å². The summed E-state index contributed by atoms with van der Waals surface area (Å²) in [5.41, 5.74) is 15.1. The largest absolute Gasteiger partial charge is 0.485 e. The van der Waals surface area contributed by atoms with Crippen LogP contribution in [0.15, 0.2) is 243 Å². The maximum absolute atomic E-state index is 12.0. The number of nitrogens with zero attached hydrogens (tertiary/aromatic N) is 3. The Bertz CT molecular complexity index is 3010. The van der Waals surface area contributed by atoms with Crippen molar-refractivity contribution in [3.05, 3.63) is 248 Å². The van der Waals surface area contributed by atoms with Crippen molar-refractivity contribution in [3.63, 3.8) is 0 Å². The molecule has 0 spiro atoms. The Kier molecular flexibility index (Phi) is 11.8. The van der Waals surface area contributed by atoms with E-state index in [1.807, 2.05) is 24.3 Å². The molecule has 0 unspecified atom stereocenters. The van der Waals surface area contributed by atoms with Crippen molar-refractivity contribution in [2.75, 3.05) is 27.9 Å². The van der Waals surface area contributed by atoms with Gasteiger partial charge in [-0.2, -0.15) is 0 Å². The van der Waals surface area contributed by atoms with Crippen LogP contribution >= 0.6 is 11.3 Å². The quantitative estimate of drug-likeness (QED) is 0.107. The molecule has 0 atom stereocenters. The molecule has 1 aliphatic rings.